The summed E-state index contributed by atoms with van der Waals surface area (Å²) in [5.74, 6) is 1.36. The van der Waals surface area contributed by atoms with E-state index in [1.165, 1.54) is 0 Å². The van der Waals surface area contributed by atoms with E-state index in [1.807, 2.05) is 25.1 Å². The van der Waals surface area contributed by atoms with Crippen LogP contribution in [0, 0.1) is 5.92 Å². The van der Waals surface area contributed by atoms with Crippen LogP contribution >= 0.6 is 0 Å². The molecule has 2 rings (SSSR count). The predicted molar refractivity (Wildman–Crippen MR) is 102 cm³/mol. The number of rotatable bonds is 9. The predicted octanol–water partition coefficient (Wildman–Crippen LogP) is 1.64. The van der Waals surface area contributed by atoms with Gasteiger partial charge in [-0.2, -0.15) is 0 Å². The van der Waals surface area contributed by atoms with Crippen molar-refractivity contribution in [1.82, 2.24) is 10.2 Å². The number of carbonyl (C=O) groups excluding carboxylic acids is 2. The van der Waals surface area contributed by atoms with Crippen LogP contribution in [0.4, 0.5) is 0 Å². The third-order valence-corrected chi connectivity index (χ3v) is 5.12. The van der Waals surface area contributed by atoms with E-state index in [4.69, 9.17) is 14.2 Å². The van der Waals surface area contributed by atoms with E-state index in [0.29, 0.717) is 39.0 Å². The zero-order valence-electron chi connectivity index (χ0n) is 16.6. The second kappa shape index (κ2) is 10.2. The summed E-state index contributed by atoms with van der Waals surface area (Å²) in [5.41, 5.74) is 1.01. The first-order valence-electron chi connectivity index (χ1n) is 9.28. The Hall–Kier alpha value is -2.28. The highest BCUT2D eigenvalue weighted by Gasteiger charge is 2.36. The lowest BCUT2D eigenvalue weighted by Crippen LogP contribution is -2.52. The van der Waals surface area contributed by atoms with Crippen LogP contribution in [0.5, 0.6) is 11.5 Å². The molecular weight excluding hydrogens is 348 g/mol. The van der Waals surface area contributed by atoms with Crippen molar-refractivity contribution in [3.05, 3.63) is 23.8 Å². The summed E-state index contributed by atoms with van der Waals surface area (Å²) in [4.78, 5) is 26.5. The SMILES string of the molecule is COCCN1C(=O)CC[C@@H](C(=O)NCCc2ccc(OC)cc2OC)[C@H]1C. The molecule has 7 heteroatoms. The molecule has 1 saturated heterocycles. The molecule has 0 unspecified atom stereocenters. The Morgan fingerprint density at radius 2 is 2.04 bits per heavy atom. The van der Waals surface area contributed by atoms with Crippen LogP contribution in [-0.2, 0) is 20.7 Å². The number of hydrogen-bond donors (Lipinski definition) is 1. The van der Waals surface area contributed by atoms with E-state index in [0.717, 1.165) is 17.1 Å². The standard InChI is InChI=1S/C20H30N2O5/c1-14-17(7-8-19(23)22(14)11-12-25-2)20(24)21-10-9-15-5-6-16(26-3)13-18(15)27-4/h5-6,13-14,17H,7-12H2,1-4H3,(H,21,24)/t14-,17-/m1/s1. The van der Waals surface area contributed by atoms with Gasteiger partial charge in [-0.1, -0.05) is 6.07 Å². The number of ether oxygens (including phenoxy) is 3. The summed E-state index contributed by atoms with van der Waals surface area (Å²) >= 11 is 0. The minimum atomic E-state index is -0.197. The lowest BCUT2D eigenvalue weighted by molar-refractivity contribution is -0.143. The second-order valence-corrected chi connectivity index (χ2v) is 6.68. The van der Waals surface area contributed by atoms with Crippen LogP contribution in [-0.4, -0.2) is 63.8 Å². The molecule has 0 saturated carbocycles. The van der Waals surface area contributed by atoms with Gasteiger partial charge in [-0.3, -0.25) is 9.59 Å². The largest absolute Gasteiger partial charge is 0.497 e. The first-order chi connectivity index (χ1) is 13.0. The van der Waals surface area contributed by atoms with Crippen molar-refractivity contribution < 1.29 is 23.8 Å². The fraction of sp³-hybridized carbons (Fsp3) is 0.600. The van der Waals surface area contributed by atoms with Gasteiger partial charge in [0.1, 0.15) is 11.5 Å². The number of benzene rings is 1. The number of methoxy groups -OCH3 is 3. The third-order valence-electron chi connectivity index (χ3n) is 5.12. The summed E-state index contributed by atoms with van der Waals surface area (Å²) in [6.45, 7) is 3.44. The number of nitrogens with one attached hydrogen (secondary N) is 1. The quantitative estimate of drug-likeness (QED) is 0.707. The molecule has 2 atom stereocenters. The van der Waals surface area contributed by atoms with Gasteiger partial charge in [0.15, 0.2) is 0 Å². The van der Waals surface area contributed by atoms with E-state index in [2.05, 4.69) is 5.32 Å². The van der Waals surface area contributed by atoms with E-state index in [1.54, 1.807) is 26.2 Å². The van der Waals surface area contributed by atoms with Crippen LogP contribution in [0.15, 0.2) is 18.2 Å². The molecular formula is C20H30N2O5. The van der Waals surface area contributed by atoms with Crippen molar-refractivity contribution in [2.75, 3.05) is 41.0 Å². The maximum absolute atomic E-state index is 12.6. The molecule has 1 fully saturated rings. The van der Waals surface area contributed by atoms with Gasteiger partial charge < -0.3 is 24.4 Å². The van der Waals surface area contributed by atoms with Gasteiger partial charge in [0.2, 0.25) is 11.8 Å². The van der Waals surface area contributed by atoms with Gasteiger partial charge in [-0.05, 0) is 31.4 Å². The Morgan fingerprint density at radius 3 is 2.70 bits per heavy atom. The van der Waals surface area contributed by atoms with Gasteiger partial charge in [-0.25, -0.2) is 0 Å². The van der Waals surface area contributed by atoms with Crippen molar-refractivity contribution >= 4 is 11.8 Å². The first kappa shape index (κ1) is 21.0. The third kappa shape index (κ3) is 5.35. The minimum Gasteiger partial charge on any atom is -0.497 e. The average Bonchev–Trinajstić information content (AvgIpc) is 2.68. The molecule has 0 aromatic heterocycles. The highest BCUT2D eigenvalue weighted by Crippen LogP contribution is 2.26. The van der Waals surface area contributed by atoms with E-state index < -0.39 is 0 Å². The number of piperidine rings is 1. The van der Waals surface area contributed by atoms with E-state index >= 15 is 0 Å². The van der Waals surface area contributed by atoms with Crippen LogP contribution < -0.4 is 14.8 Å². The second-order valence-electron chi connectivity index (χ2n) is 6.68. The van der Waals surface area contributed by atoms with Gasteiger partial charge in [-0.15, -0.1) is 0 Å². The lowest BCUT2D eigenvalue weighted by Gasteiger charge is -2.38. The summed E-state index contributed by atoms with van der Waals surface area (Å²) < 4.78 is 15.7. The van der Waals surface area contributed by atoms with E-state index in [9.17, 15) is 9.59 Å². The van der Waals surface area contributed by atoms with Crippen molar-refractivity contribution in [3.8, 4) is 11.5 Å². The van der Waals surface area contributed by atoms with Crippen molar-refractivity contribution in [2.24, 2.45) is 5.92 Å². The molecule has 0 bridgehead atoms. The summed E-state index contributed by atoms with van der Waals surface area (Å²) in [6, 6.07) is 5.52. The Kier molecular flexibility index (Phi) is 7.91. The topological polar surface area (TPSA) is 77.1 Å². The first-order valence-corrected chi connectivity index (χ1v) is 9.28. The Bertz CT molecular complexity index is 649. The monoisotopic (exact) mass is 378 g/mol. The number of likely N-dealkylation sites (tertiary alicyclic amines) is 1. The normalized spacial score (nSPS) is 19.7. The Balaban J connectivity index is 1.90. The number of amides is 2. The highest BCUT2D eigenvalue weighted by atomic mass is 16.5. The molecule has 0 spiro atoms. The molecule has 1 aromatic rings. The van der Waals surface area contributed by atoms with Crippen LogP contribution in [0.2, 0.25) is 0 Å². The molecule has 1 aliphatic heterocycles. The smallest absolute Gasteiger partial charge is 0.225 e. The molecule has 1 N–H and O–H groups in total. The van der Waals surface area contributed by atoms with Crippen molar-refractivity contribution in [2.45, 2.75) is 32.2 Å². The van der Waals surface area contributed by atoms with Crippen LogP contribution in [0.3, 0.4) is 0 Å². The molecule has 2 amide bonds. The summed E-state index contributed by atoms with van der Waals surface area (Å²) in [5, 5.41) is 3.01. The summed E-state index contributed by atoms with van der Waals surface area (Å²) in [6.07, 6.45) is 1.64. The molecule has 150 valence electrons. The molecule has 7 nitrogen and oxygen atoms in total. The number of hydrogen-bond acceptors (Lipinski definition) is 5. The lowest BCUT2D eigenvalue weighted by atomic mass is 9.89. The molecule has 27 heavy (non-hydrogen) atoms. The van der Waals surface area contributed by atoms with E-state index in [-0.39, 0.29) is 23.8 Å². The zero-order valence-corrected chi connectivity index (χ0v) is 16.6. The Labute approximate surface area is 161 Å². The molecule has 1 aliphatic rings. The number of carbonyl (C=O) groups is 2. The molecule has 1 aromatic carbocycles. The van der Waals surface area contributed by atoms with Gasteiger partial charge >= 0.3 is 0 Å². The average molecular weight is 378 g/mol. The summed E-state index contributed by atoms with van der Waals surface area (Å²) in [7, 11) is 4.84. The maximum atomic E-state index is 12.6. The maximum Gasteiger partial charge on any atom is 0.225 e. The Morgan fingerprint density at radius 1 is 1.26 bits per heavy atom. The zero-order chi connectivity index (χ0) is 19.8. The molecule has 1 heterocycles. The minimum absolute atomic E-state index is 0.00936. The highest BCUT2D eigenvalue weighted by molar-refractivity contribution is 5.84. The molecule has 0 aliphatic carbocycles. The van der Waals surface area contributed by atoms with Gasteiger partial charge in [0, 0.05) is 38.7 Å². The van der Waals surface area contributed by atoms with Crippen LogP contribution in [0.25, 0.3) is 0 Å². The van der Waals surface area contributed by atoms with Gasteiger partial charge in [0.05, 0.1) is 26.7 Å². The molecule has 0 radical (unpaired) electrons. The fourth-order valence-corrected chi connectivity index (χ4v) is 3.49. The van der Waals surface area contributed by atoms with Crippen molar-refractivity contribution in [3.63, 3.8) is 0 Å². The number of nitrogens with zero attached hydrogens (tertiary/aromatic N) is 1. The fourth-order valence-electron chi connectivity index (χ4n) is 3.49. The van der Waals surface area contributed by atoms with Gasteiger partial charge in [0.25, 0.3) is 0 Å². The van der Waals surface area contributed by atoms with Crippen LogP contribution in [0.1, 0.15) is 25.3 Å². The van der Waals surface area contributed by atoms with Crippen molar-refractivity contribution in [1.29, 1.82) is 0 Å².